The number of hydrogen-bond acceptors (Lipinski definition) is 3. The fourth-order valence-electron chi connectivity index (χ4n) is 1.00. The summed E-state index contributed by atoms with van der Waals surface area (Å²) in [4.78, 5) is 0. The maximum atomic E-state index is 11.5. The second-order valence-corrected chi connectivity index (χ2v) is 6.53. The van der Waals surface area contributed by atoms with Gasteiger partial charge in [-0.3, -0.25) is 4.72 Å². The molecule has 8 heteroatoms. The molecule has 1 rings (SSSR count). The van der Waals surface area contributed by atoms with Crippen molar-refractivity contribution in [1.29, 1.82) is 0 Å². The van der Waals surface area contributed by atoms with Crippen LogP contribution in [0.4, 0.5) is 5.69 Å². The van der Waals surface area contributed by atoms with Crippen LogP contribution in [0.3, 0.4) is 0 Å². The molecule has 0 heterocycles. The lowest BCUT2D eigenvalue weighted by Crippen LogP contribution is -2.22. The van der Waals surface area contributed by atoms with Crippen molar-refractivity contribution in [2.45, 2.75) is 0 Å². The lowest BCUT2D eigenvalue weighted by Gasteiger charge is -2.10. The van der Waals surface area contributed by atoms with Gasteiger partial charge in [0.1, 0.15) is 0 Å². The third-order valence-corrected chi connectivity index (χ3v) is 3.99. The van der Waals surface area contributed by atoms with Crippen molar-refractivity contribution in [2.24, 2.45) is 5.73 Å². The third kappa shape index (κ3) is 3.78. The van der Waals surface area contributed by atoms with E-state index in [0.29, 0.717) is 4.47 Å². The van der Waals surface area contributed by atoms with E-state index in [9.17, 15) is 8.42 Å². The molecule has 0 aliphatic carbocycles. The van der Waals surface area contributed by atoms with Gasteiger partial charge < -0.3 is 5.73 Å². The molecule has 1 aromatic rings. The standard InChI is InChI=1S/C8H9BrCl2N2O2S/c9-5-3-6(10)8(7(11)4-5)13-16(14,15)2-1-12/h3-4,13H,1-2,12H2. The van der Waals surface area contributed by atoms with Crippen LogP contribution in [0.1, 0.15) is 0 Å². The Morgan fingerprint density at radius 2 is 1.81 bits per heavy atom. The Kier molecular flexibility index (Phi) is 4.88. The first kappa shape index (κ1) is 14.1. The van der Waals surface area contributed by atoms with E-state index in [4.69, 9.17) is 28.9 Å². The van der Waals surface area contributed by atoms with Crippen LogP contribution >= 0.6 is 39.1 Å². The van der Waals surface area contributed by atoms with Crippen LogP contribution in [-0.4, -0.2) is 20.7 Å². The molecule has 4 nitrogen and oxygen atoms in total. The van der Waals surface area contributed by atoms with E-state index in [1.165, 1.54) is 0 Å². The zero-order valence-electron chi connectivity index (χ0n) is 8.00. The highest BCUT2D eigenvalue weighted by Crippen LogP contribution is 2.34. The van der Waals surface area contributed by atoms with E-state index < -0.39 is 10.0 Å². The lowest BCUT2D eigenvalue weighted by molar-refractivity contribution is 0.601. The Balaban J connectivity index is 3.07. The monoisotopic (exact) mass is 346 g/mol. The largest absolute Gasteiger partial charge is 0.329 e. The maximum Gasteiger partial charge on any atom is 0.234 e. The molecule has 16 heavy (non-hydrogen) atoms. The molecule has 90 valence electrons. The highest BCUT2D eigenvalue weighted by atomic mass is 79.9. The highest BCUT2D eigenvalue weighted by molar-refractivity contribution is 9.10. The molecular weight excluding hydrogens is 339 g/mol. The van der Waals surface area contributed by atoms with Crippen LogP contribution in [0.25, 0.3) is 0 Å². The topological polar surface area (TPSA) is 72.2 Å². The van der Waals surface area contributed by atoms with E-state index in [1.54, 1.807) is 12.1 Å². The smallest absolute Gasteiger partial charge is 0.234 e. The molecule has 0 fully saturated rings. The van der Waals surface area contributed by atoms with Gasteiger partial charge in [-0.2, -0.15) is 0 Å². The number of nitrogens with two attached hydrogens (primary N) is 1. The molecule has 0 amide bonds. The molecule has 0 saturated carbocycles. The van der Waals surface area contributed by atoms with Crippen molar-refractivity contribution in [2.75, 3.05) is 17.0 Å². The fraction of sp³-hybridized carbons (Fsp3) is 0.250. The molecule has 0 saturated heterocycles. The van der Waals surface area contributed by atoms with E-state index >= 15 is 0 Å². The number of hydrogen-bond donors (Lipinski definition) is 2. The van der Waals surface area contributed by atoms with E-state index in [2.05, 4.69) is 20.7 Å². The van der Waals surface area contributed by atoms with Gasteiger partial charge in [-0.15, -0.1) is 0 Å². The summed E-state index contributed by atoms with van der Waals surface area (Å²) in [5, 5.41) is 0.444. The number of halogens is 3. The van der Waals surface area contributed by atoms with Crippen LogP contribution in [0, 0.1) is 0 Å². The van der Waals surface area contributed by atoms with E-state index in [-0.39, 0.29) is 28.0 Å². The van der Waals surface area contributed by atoms with Crippen molar-refractivity contribution in [3.05, 3.63) is 26.7 Å². The van der Waals surface area contributed by atoms with Gasteiger partial charge in [0.2, 0.25) is 10.0 Å². The Labute approximate surface area is 112 Å². The Morgan fingerprint density at radius 3 is 2.25 bits per heavy atom. The summed E-state index contributed by atoms with van der Waals surface area (Å²) in [6.07, 6.45) is 0. The maximum absolute atomic E-state index is 11.5. The first-order chi connectivity index (χ1) is 7.35. The molecule has 1 aromatic carbocycles. The van der Waals surface area contributed by atoms with Crippen LogP contribution in [0.2, 0.25) is 10.0 Å². The SMILES string of the molecule is NCCS(=O)(=O)Nc1c(Cl)cc(Br)cc1Cl. The number of sulfonamides is 1. The minimum absolute atomic E-state index is 0.0289. The van der Waals surface area contributed by atoms with Crippen LogP contribution < -0.4 is 10.5 Å². The summed E-state index contributed by atoms with van der Waals surface area (Å²) in [6.45, 7) is 0.0289. The van der Waals surface area contributed by atoms with Crippen molar-refractivity contribution in [3.63, 3.8) is 0 Å². The summed E-state index contributed by atoms with van der Waals surface area (Å²) in [5.41, 5.74) is 5.34. The van der Waals surface area contributed by atoms with Crippen LogP contribution in [0.15, 0.2) is 16.6 Å². The zero-order valence-corrected chi connectivity index (χ0v) is 11.9. The quantitative estimate of drug-likeness (QED) is 0.878. The third-order valence-electron chi connectivity index (χ3n) is 1.65. The summed E-state index contributed by atoms with van der Waals surface area (Å²) < 4.78 is 25.9. The van der Waals surface area contributed by atoms with Gasteiger partial charge in [-0.1, -0.05) is 39.1 Å². The number of rotatable bonds is 4. The number of anilines is 1. The first-order valence-corrected chi connectivity index (χ1v) is 7.41. The molecule has 0 atom stereocenters. The predicted molar refractivity (Wildman–Crippen MR) is 70.6 cm³/mol. The molecule has 0 unspecified atom stereocenters. The summed E-state index contributed by atoms with van der Waals surface area (Å²) in [6, 6.07) is 3.10. The average molecular weight is 348 g/mol. The van der Waals surface area contributed by atoms with Crippen molar-refractivity contribution in [1.82, 2.24) is 0 Å². The molecule has 0 aromatic heterocycles. The van der Waals surface area contributed by atoms with E-state index in [1.807, 2.05) is 0 Å². The second kappa shape index (κ2) is 5.55. The molecular formula is C8H9BrCl2N2O2S. The van der Waals surface area contributed by atoms with Gasteiger partial charge in [-0.05, 0) is 12.1 Å². The van der Waals surface area contributed by atoms with Crippen LogP contribution in [-0.2, 0) is 10.0 Å². The minimum atomic E-state index is -3.50. The Bertz CT molecular complexity index is 470. The molecule has 0 aliphatic rings. The van der Waals surface area contributed by atoms with Crippen molar-refractivity contribution >= 4 is 54.8 Å². The second-order valence-electron chi connectivity index (χ2n) is 2.95. The van der Waals surface area contributed by atoms with Gasteiger partial charge in [0.15, 0.2) is 0 Å². The van der Waals surface area contributed by atoms with Crippen molar-refractivity contribution in [3.8, 4) is 0 Å². The Morgan fingerprint density at radius 1 is 1.31 bits per heavy atom. The van der Waals surface area contributed by atoms with Crippen molar-refractivity contribution < 1.29 is 8.42 Å². The summed E-state index contributed by atoms with van der Waals surface area (Å²) in [7, 11) is -3.50. The first-order valence-electron chi connectivity index (χ1n) is 4.21. The zero-order chi connectivity index (χ0) is 12.3. The average Bonchev–Trinajstić information content (AvgIpc) is 2.11. The highest BCUT2D eigenvalue weighted by Gasteiger charge is 2.14. The normalized spacial score (nSPS) is 11.5. The van der Waals surface area contributed by atoms with Gasteiger partial charge in [0.25, 0.3) is 0 Å². The molecule has 0 bridgehead atoms. The number of nitrogens with one attached hydrogen (secondary N) is 1. The Hall–Kier alpha value is -0.0100. The predicted octanol–water partition coefficient (Wildman–Crippen LogP) is 2.46. The lowest BCUT2D eigenvalue weighted by atomic mass is 10.3. The summed E-state index contributed by atoms with van der Waals surface area (Å²) in [5.74, 6) is -0.185. The van der Waals surface area contributed by atoms with Gasteiger partial charge in [0, 0.05) is 11.0 Å². The van der Waals surface area contributed by atoms with Gasteiger partial charge in [-0.25, -0.2) is 8.42 Å². The molecule has 0 radical (unpaired) electrons. The number of benzene rings is 1. The fourth-order valence-corrected chi connectivity index (χ4v) is 3.36. The minimum Gasteiger partial charge on any atom is -0.329 e. The molecule has 3 N–H and O–H groups in total. The van der Waals surface area contributed by atoms with Crippen LogP contribution in [0.5, 0.6) is 0 Å². The van der Waals surface area contributed by atoms with Gasteiger partial charge >= 0.3 is 0 Å². The van der Waals surface area contributed by atoms with Gasteiger partial charge in [0.05, 0.1) is 21.5 Å². The molecule has 0 aliphatic heterocycles. The summed E-state index contributed by atoms with van der Waals surface area (Å²) >= 11 is 14.9. The molecule has 0 spiro atoms. The van der Waals surface area contributed by atoms with E-state index in [0.717, 1.165) is 0 Å².